The number of urea groups is 1. The van der Waals surface area contributed by atoms with Gasteiger partial charge in [0.25, 0.3) is 0 Å². The maximum atomic E-state index is 12.7. The predicted molar refractivity (Wildman–Crippen MR) is 101 cm³/mol. The Bertz CT molecular complexity index is 702. The first-order valence-electron chi connectivity index (χ1n) is 8.99. The molecular weight excluding hydrogens is 312 g/mol. The van der Waals surface area contributed by atoms with Gasteiger partial charge < -0.3 is 15.3 Å². The number of benzene rings is 2. The van der Waals surface area contributed by atoms with Crippen LogP contribution < -0.4 is 5.32 Å². The summed E-state index contributed by atoms with van der Waals surface area (Å²) in [6.45, 7) is 0. The second kappa shape index (κ2) is 8.17. The first kappa shape index (κ1) is 17.5. The number of amides is 2. The fourth-order valence-electron chi connectivity index (χ4n) is 3.51. The number of aliphatic hydroxyl groups is 1. The van der Waals surface area contributed by atoms with Crippen molar-refractivity contribution in [3.8, 4) is 0 Å². The first-order valence-corrected chi connectivity index (χ1v) is 8.99. The molecule has 1 saturated carbocycles. The molecule has 2 aromatic carbocycles. The summed E-state index contributed by atoms with van der Waals surface area (Å²) in [7, 11) is 1.77. The number of anilines is 1. The van der Waals surface area contributed by atoms with E-state index in [9.17, 15) is 9.90 Å². The van der Waals surface area contributed by atoms with Gasteiger partial charge in [-0.05, 0) is 36.5 Å². The highest BCUT2D eigenvalue weighted by Gasteiger charge is 2.29. The van der Waals surface area contributed by atoms with Crippen LogP contribution in [0, 0.1) is 0 Å². The Morgan fingerprint density at radius 1 is 1.08 bits per heavy atom. The molecule has 0 spiro atoms. The molecule has 0 bridgehead atoms. The third-order valence-corrected chi connectivity index (χ3v) is 5.01. The lowest BCUT2D eigenvalue weighted by atomic mass is 9.92. The van der Waals surface area contributed by atoms with E-state index in [0.29, 0.717) is 0 Å². The van der Waals surface area contributed by atoms with Gasteiger partial charge in [0.15, 0.2) is 0 Å². The fourth-order valence-corrected chi connectivity index (χ4v) is 3.51. The highest BCUT2D eigenvalue weighted by molar-refractivity contribution is 5.90. The number of hydrogen-bond donors (Lipinski definition) is 2. The van der Waals surface area contributed by atoms with Crippen molar-refractivity contribution in [1.82, 2.24) is 4.90 Å². The molecule has 1 aliphatic rings. The molecule has 0 aliphatic heterocycles. The van der Waals surface area contributed by atoms with Gasteiger partial charge in [-0.3, -0.25) is 0 Å². The lowest BCUT2D eigenvalue weighted by Crippen LogP contribution is -2.47. The summed E-state index contributed by atoms with van der Waals surface area (Å²) >= 11 is 0. The molecule has 132 valence electrons. The van der Waals surface area contributed by atoms with Crippen molar-refractivity contribution in [2.75, 3.05) is 12.4 Å². The van der Waals surface area contributed by atoms with E-state index in [0.717, 1.165) is 43.4 Å². The molecule has 0 heterocycles. The van der Waals surface area contributed by atoms with Gasteiger partial charge in [-0.15, -0.1) is 0 Å². The molecule has 0 saturated heterocycles. The number of likely N-dealkylation sites (N-methyl/N-ethyl adjacent to an activating group) is 1. The minimum absolute atomic E-state index is 0.102. The van der Waals surface area contributed by atoms with E-state index in [2.05, 4.69) is 17.4 Å². The third-order valence-electron chi connectivity index (χ3n) is 5.01. The molecule has 1 fully saturated rings. The van der Waals surface area contributed by atoms with Gasteiger partial charge in [-0.2, -0.15) is 0 Å². The highest BCUT2D eigenvalue weighted by Crippen LogP contribution is 2.24. The number of carbonyl (C=O) groups excluding carboxylic acids is 1. The molecular formula is C21H26N2O2. The minimum atomic E-state index is -0.427. The zero-order chi connectivity index (χ0) is 17.6. The molecule has 25 heavy (non-hydrogen) atoms. The van der Waals surface area contributed by atoms with E-state index in [1.54, 1.807) is 11.9 Å². The number of aliphatic hydroxyl groups excluding tert-OH is 1. The molecule has 1 aliphatic carbocycles. The van der Waals surface area contributed by atoms with Gasteiger partial charge in [0, 0.05) is 12.7 Å². The normalized spacial score (nSPS) is 20.1. The monoisotopic (exact) mass is 338 g/mol. The van der Waals surface area contributed by atoms with Crippen LogP contribution >= 0.6 is 0 Å². The Morgan fingerprint density at radius 2 is 1.76 bits per heavy atom. The molecule has 4 nitrogen and oxygen atoms in total. The molecule has 2 N–H and O–H groups in total. The van der Waals surface area contributed by atoms with E-state index in [-0.39, 0.29) is 12.1 Å². The van der Waals surface area contributed by atoms with Crippen LogP contribution in [0.4, 0.5) is 10.5 Å². The average molecular weight is 338 g/mol. The number of rotatable bonds is 4. The topological polar surface area (TPSA) is 52.6 Å². The smallest absolute Gasteiger partial charge is 0.321 e. The van der Waals surface area contributed by atoms with E-state index in [4.69, 9.17) is 0 Å². The predicted octanol–water partition coefficient (Wildman–Crippen LogP) is 4.04. The van der Waals surface area contributed by atoms with Crippen LogP contribution in [0.15, 0.2) is 54.6 Å². The van der Waals surface area contributed by atoms with Crippen molar-refractivity contribution in [2.24, 2.45) is 0 Å². The summed E-state index contributed by atoms with van der Waals surface area (Å²) in [6, 6.07) is 17.8. The largest absolute Gasteiger partial charge is 0.391 e. The van der Waals surface area contributed by atoms with Gasteiger partial charge in [-0.25, -0.2) is 4.79 Å². The summed E-state index contributed by atoms with van der Waals surface area (Å²) in [5.41, 5.74) is 3.12. The molecule has 0 aromatic heterocycles. The number of hydrogen-bond acceptors (Lipinski definition) is 2. The molecule has 2 aromatic rings. The Kier molecular flexibility index (Phi) is 5.71. The lowest BCUT2D eigenvalue weighted by molar-refractivity contribution is 0.0494. The van der Waals surface area contributed by atoms with Gasteiger partial charge in [0.05, 0.1) is 12.1 Å². The summed E-state index contributed by atoms with van der Waals surface area (Å²) in [5.74, 6) is 0. The Hall–Kier alpha value is -2.33. The van der Waals surface area contributed by atoms with Crippen molar-refractivity contribution in [1.29, 1.82) is 0 Å². The van der Waals surface area contributed by atoms with Gasteiger partial charge >= 0.3 is 6.03 Å². The van der Waals surface area contributed by atoms with Crippen molar-refractivity contribution >= 4 is 11.7 Å². The second-order valence-electron chi connectivity index (χ2n) is 6.78. The second-order valence-corrected chi connectivity index (χ2v) is 6.78. The summed E-state index contributed by atoms with van der Waals surface area (Å²) in [4.78, 5) is 14.3. The number of carbonyl (C=O) groups is 1. The first-order chi connectivity index (χ1) is 12.1. The van der Waals surface area contributed by atoms with Crippen molar-refractivity contribution in [3.05, 3.63) is 65.7 Å². The average Bonchev–Trinajstić information content (AvgIpc) is 2.64. The van der Waals surface area contributed by atoms with Crippen LogP contribution in [0.25, 0.3) is 0 Å². The molecule has 0 unspecified atom stereocenters. The standard InChI is InChI=1S/C21H26N2O2/c1-23(19-13-7-8-14-20(19)24)21(25)22-18-12-6-5-11-17(18)15-16-9-3-2-4-10-16/h2-6,9-12,19-20,24H,7-8,13-15H2,1H3,(H,22,25)/t19-,20+/m1/s1. The molecule has 3 rings (SSSR count). The van der Waals surface area contributed by atoms with E-state index < -0.39 is 6.10 Å². The SMILES string of the molecule is CN(C(=O)Nc1ccccc1Cc1ccccc1)[C@@H]1CCCC[C@@H]1O. The number of para-hydroxylation sites is 1. The third kappa shape index (κ3) is 4.40. The van der Waals surface area contributed by atoms with Crippen LogP contribution in [0.3, 0.4) is 0 Å². The summed E-state index contributed by atoms with van der Waals surface area (Å²) in [6.07, 6.45) is 4.07. The van der Waals surface area contributed by atoms with Crippen molar-refractivity contribution in [2.45, 2.75) is 44.2 Å². The van der Waals surface area contributed by atoms with E-state index >= 15 is 0 Å². The fraction of sp³-hybridized carbons (Fsp3) is 0.381. The van der Waals surface area contributed by atoms with Crippen molar-refractivity contribution in [3.63, 3.8) is 0 Å². The summed E-state index contributed by atoms with van der Waals surface area (Å²) in [5, 5.41) is 13.2. The lowest BCUT2D eigenvalue weighted by Gasteiger charge is -2.35. The quantitative estimate of drug-likeness (QED) is 0.884. The molecule has 2 amide bonds. The van der Waals surface area contributed by atoms with Crippen LogP contribution in [-0.4, -0.2) is 35.2 Å². The number of nitrogens with one attached hydrogen (secondary N) is 1. The van der Waals surface area contributed by atoms with Crippen LogP contribution in [0.5, 0.6) is 0 Å². The molecule has 4 heteroatoms. The maximum absolute atomic E-state index is 12.7. The van der Waals surface area contributed by atoms with Crippen LogP contribution in [0.1, 0.15) is 36.8 Å². The highest BCUT2D eigenvalue weighted by atomic mass is 16.3. The Balaban J connectivity index is 1.71. The minimum Gasteiger partial charge on any atom is -0.391 e. The maximum Gasteiger partial charge on any atom is 0.321 e. The van der Waals surface area contributed by atoms with Crippen LogP contribution in [-0.2, 0) is 6.42 Å². The van der Waals surface area contributed by atoms with Crippen LogP contribution in [0.2, 0.25) is 0 Å². The Labute approximate surface area is 149 Å². The van der Waals surface area contributed by atoms with Gasteiger partial charge in [0.2, 0.25) is 0 Å². The van der Waals surface area contributed by atoms with Crippen molar-refractivity contribution < 1.29 is 9.90 Å². The zero-order valence-corrected chi connectivity index (χ0v) is 14.7. The van der Waals surface area contributed by atoms with E-state index in [1.807, 2.05) is 42.5 Å². The Morgan fingerprint density at radius 3 is 2.52 bits per heavy atom. The van der Waals surface area contributed by atoms with Gasteiger partial charge in [-0.1, -0.05) is 61.4 Å². The zero-order valence-electron chi connectivity index (χ0n) is 14.7. The van der Waals surface area contributed by atoms with E-state index in [1.165, 1.54) is 5.56 Å². The molecule has 0 radical (unpaired) electrons. The summed E-state index contributed by atoms with van der Waals surface area (Å²) < 4.78 is 0. The molecule has 2 atom stereocenters. The number of nitrogens with zero attached hydrogens (tertiary/aromatic N) is 1. The van der Waals surface area contributed by atoms with Gasteiger partial charge in [0.1, 0.15) is 0 Å².